The number of rotatable bonds is 3. The fourth-order valence-electron chi connectivity index (χ4n) is 4.37. The number of halogens is 1. The topological polar surface area (TPSA) is 43.9 Å². The maximum atomic E-state index is 13.7. The molecule has 0 bridgehead atoms. The number of anilines is 1. The van der Waals surface area contributed by atoms with Gasteiger partial charge < -0.3 is 9.80 Å². The summed E-state index contributed by atoms with van der Waals surface area (Å²) in [6, 6.07) is 13.9. The average molecular weight is 395 g/mol. The van der Waals surface area contributed by atoms with Crippen LogP contribution in [0.3, 0.4) is 0 Å². The lowest BCUT2D eigenvalue weighted by Crippen LogP contribution is -2.64. The molecular formula is C23H26FN3O2. The highest BCUT2D eigenvalue weighted by Gasteiger charge is 2.48. The average Bonchev–Trinajstić information content (AvgIpc) is 3.16. The Labute approximate surface area is 170 Å². The van der Waals surface area contributed by atoms with E-state index in [1.807, 2.05) is 36.2 Å². The zero-order valence-corrected chi connectivity index (χ0v) is 16.9. The maximum absolute atomic E-state index is 13.7. The number of aryl methyl sites for hydroxylation is 1. The number of nitrogens with zero attached hydrogens (tertiary/aromatic N) is 3. The first-order chi connectivity index (χ1) is 13.9. The van der Waals surface area contributed by atoms with Gasteiger partial charge in [-0.05, 0) is 55.8 Å². The summed E-state index contributed by atoms with van der Waals surface area (Å²) in [5.41, 5.74) is 2.15. The Morgan fingerprint density at radius 1 is 1.14 bits per heavy atom. The highest BCUT2D eigenvalue weighted by atomic mass is 19.1. The van der Waals surface area contributed by atoms with E-state index in [4.69, 9.17) is 0 Å². The third-order valence-corrected chi connectivity index (χ3v) is 6.28. The summed E-state index contributed by atoms with van der Waals surface area (Å²) in [4.78, 5) is 31.2. The fraction of sp³-hybridized carbons (Fsp3) is 0.391. The number of likely N-dealkylation sites (N-methyl/N-ethyl adjacent to an activating group) is 1. The van der Waals surface area contributed by atoms with Crippen molar-refractivity contribution in [1.82, 2.24) is 9.80 Å². The molecule has 5 nitrogen and oxygen atoms in total. The smallest absolute Gasteiger partial charge is 0.253 e. The Morgan fingerprint density at radius 3 is 2.59 bits per heavy atom. The Hall–Kier alpha value is -2.73. The van der Waals surface area contributed by atoms with Crippen LogP contribution in [0, 0.1) is 5.82 Å². The highest BCUT2D eigenvalue weighted by molar-refractivity contribution is 5.97. The molecular weight excluding hydrogens is 369 g/mol. The first-order valence-electron chi connectivity index (χ1n) is 10.1. The van der Waals surface area contributed by atoms with Crippen LogP contribution in [-0.2, 0) is 11.2 Å². The van der Waals surface area contributed by atoms with Crippen molar-refractivity contribution < 1.29 is 14.0 Å². The molecule has 0 aromatic heterocycles. The second-order valence-corrected chi connectivity index (χ2v) is 8.07. The summed E-state index contributed by atoms with van der Waals surface area (Å²) in [5, 5.41) is 0. The van der Waals surface area contributed by atoms with E-state index in [0.29, 0.717) is 30.9 Å². The highest BCUT2D eigenvalue weighted by Crippen LogP contribution is 2.34. The van der Waals surface area contributed by atoms with Crippen LogP contribution in [0.5, 0.6) is 0 Å². The largest absolute Gasteiger partial charge is 0.337 e. The van der Waals surface area contributed by atoms with Gasteiger partial charge in [-0.15, -0.1) is 0 Å². The quantitative estimate of drug-likeness (QED) is 0.803. The van der Waals surface area contributed by atoms with Crippen molar-refractivity contribution >= 4 is 17.5 Å². The number of carbonyl (C=O) groups excluding carboxylic acids is 2. The van der Waals surface area contributed by atoms with Gasteiger partial charge in [-0.2, -0.15) is 0 Å². The van der Waals surface area contributed by atoms with Crippen LogP contribution in [-0.4, -0.2) is 60.4 Å². The number of hydrogen-bond acceptors (Lipinski definition) is 3. The molecule has 152 valence electrons. The summed E-state index contributed by atoms with van der Waals surface area (Å²) in [5.74, 6) is -0.391. The molecule has 2 aromatic carbocycles. The number of piperazine rings is 1. The van der Waals surface area contributed by atoms with E-state index in [9.17, 15) is 14.0 Å². The molecule has 2 aromatic rings. The van der Waals surface area contributed by atoms with E-state index in [1.54, 1.807) is 17.0 Å². The number of benzene rings is 2. The van der Waals surface area contributed by atoms with Crippen molar-refractivity contribution in [1.29, 1.82) is 0 Å². The van der Waals surface area contributed by atoms with Gasteiger partial charge in [-0.25, -0.2) is 4.39 Å². The lowest BCUT2D eigenvalue weighted by molar-refractivity contribution is -0.123. The minimum absolute atomic E-state index is 0.0205. The Kier molecular flexibility index (Phi) is 5.13. The van der Waals surface area contributed by atoms with E-state index < -0.39 is 0 Å². The van der Waals surface area contributed by atoms with Crippen LogP contribution in [0.15, 0.2) is 48.5 Å². The molecule has 2 aliphatic rings. The number of hydrogen-bond donors (Lipinski definition) is 0. The van der Waals surface area contributed by atoms with Crippen LogP contribution < -0.4 is 4.90 Å². The van der Waals surface area contributed by atoms with Crippen molar-refractivity contribution in [2.45, 2.75) is 25.3 Å². The lowest BCUT2D eigenvalue weighted by Gasteiger charge is -2.46. The van der Waals surface area contributed by atoms with Gasteiger partial charge >= 0.3 is 0 Å². The van der Waals surface area contributed by atoms with Gasteiger partial charge in [0, 0.05) is 30.9 Å². The Bertz CT molecular complexity index is 930. The Morgan fingerprint density at radius 2 is 1.90 bits per heavy atom. The molecule has 0 radical (unpaired) electrons. The summed E-state index contributed by atoms with van der Waals surface area (Å²) < 4.78 is 13.7. The predicted octanol–water partition coefficient (Wildman–Crippen LogP) is 2.95. The number of likely N-dealkylation sites (tertiary alicyclic amines) is 1. The van der Waals surface area contributed by atoms with Crippen molar-refractivity contribution in [2.75, 3.05) is 38.1 Å². The molecule has 2 amide bonds. The van der Waals surface area contributed by atoms with Crippen LogP contribution in [0.1, 0.15) is 29.3 Å². The second kappa shape index (κ2) is 7.59. The molecule has 0 saturated carbocycles. The molecule has 2 saturated heterocycles. The molecule has 2 fully saturated rings. The van der Waals surface area contributed by atoms with Crippen molar-refractivity contribution in [3.8, 4) is 0 Å². The minimum atomic E-state index is -0.359. The summed E-state index contributed by atoms with van der Waals surface area (Å²) in [6.07, 6.45) is 1.72. The van der Waals surface area contributed by atoms with E-state index in [2.05, 4.69) is 11.8 Å². The summed E-state index contributed by atoms with van der Waals surface area (Å²) in [7, 11) is 1.94. The van der Waals surface area contributed by atoms with E-state index in [1.165, 1.54) is 17.7 Å². The van der Waals surface area contributed by atoms with E-state index >= 15 is 0 Å². The summed E-state index contributed by atoms with van der Waals surface area (Å²) in [6.45, 7) is 3.99. The van der Waals surface area contributed by atoms with Crippen LogP contribution in [0.2, 0.25) is 0 Å². The minimum Gasteiger partial charge on any atom is -0.337 e. The fourth-order valence-corrected chi connectivity index (χ4v) is 4.37. The van der Waals surface area contributed by atoms with Crippen LogP contribution in [0.25, 0.3) is 0 Å². The maximum Gasteiger partial charge on any atom is 0.253 e. The predicted molar refractivity (Wildman–Crippen MR) is 110 cm³/mol. The van der Waals surface area contributed by atoms with Gasteiger partial charge in [-0.1, -0.05) is 25.1 Å². The zero-order chi connectivity index (χ0) is 20.6. The van der Waals surface area contributed by atoms with Crippen molar-refractivity contribution in [3.63, 3.8) is 0 Å². The normalized spacial score (nSPS) is 22.5. The van der Waals surface area contributed by atoms with Crippen molar-refractivity contribution in [3.05, 3.63) is 65.5 Å². The van der Waals surface area contributed by atoms with Gasteiger partial charge in [-0.3, -0.25) is 14.5 Å². The van der Waals surface area contributed by atoms with Crippen LogP contribution in [0.4, 0.5) is 10.1 Å². The molecule has 1 spiro atoms. The number of carbonyl (C=O) groups is 2. The second-order valence-electron chi connectivity index (χ2n) is 8.07. The zero-order valence-electron chi connectivity index (χ0n) is 16.9. The molecule has 6 heteroatoms. The molecule has 1 unspecified atom stereocenters. The third-order valence-electron chi connectivity index (χ3n) is 6.28. The van der Waals surface area contributed by atoms with Gasteiger partial charge in [0.2, 0.25) is 5.91 Å². The molecule has 0 N–H and O–H groups in total. The first-order valence-corrected chi connectivity index (χ1v) is 10.1. The molecule has 4 rings (SSSR count). The standard InChI is InChI=1S/C23H26FN3O2/c1-3-17-7-9-18(10-8-17)22(29)26-12-11-23(15-26)16-27(21(28)14-25(23)2)20-6-4-5-19(24)13-20/h4-10,13H,3,11-12,14-16H2,1-2H3. The summed E-state index contributed by atoms with van der Waals surface area (Å²) >= 11 is 0. The van der Waals surface area contributed by atoms with Gasteiger partial charge in [0.25, 0.3) is 5.91 Å². The number of amides is 2. The van der Waals surface area contributed by atoms with Gasteiger partial charge in [0.05, 0.1) is 12.1 Å². The molecule has 2 aliphatic heterocycles. The molecule has 29 heavy (non-hydrogen) atoms. The monoisotopic (exact) mass is 395 g/mol. The van der Waals surface area contributed by atoms with E-state index in [0.717, 1.165) is 12.8 Å². The van der Waals surface area contributed by atoms with Gasteiger partial charge in [0.1, 0.15) is 5.82 Å². The lowest BCUT2D eigenvalue weighted by atomic mass is 9.92. The molecule has 1 atom stereocenters. The van der Waals surface area contributed by atoms with Crippen LogP contribution >= 0.6 is 0 Å². The van der Waals surface area contributed by atoms with Crippen molar-refractivity contribution in [2.24, 2.45) is 0 Å². The SMILES string of the molecule is CCc1ccc(C(=O)N2CCC3(C2)CN(c2cccc(F)c2)C(=O)CN3C)cc1. The third kappa shape index (κ3) is 3.65. The van der Waals surface area contributed by atoms with E-state index in [-0.39, 0.29) is 29.7 Å². The molecule has 2 heterocycles. The molecule has 0 aliphatic carbocycles. The first kappa shape index (κ1) is 19.6. The Balaban J connectivity index is 1.54. The van der Waals surface area contributed by atoms with Gasteiger partial charge in [0.15, 0.2) is 0 Å².